The van der Waals surface area contributed by atoms with Crippen LogP contribution < -0.4 is 10.2 Å². The van der Waals surface area contributed by atoms with Crippen LogP contribution >= 0.6 is 0 Å². The van der Waals surface area contributed by atoms with Crippen molar-refractivity contribution in [1.82, 2.24) is 15.0 Å². The summed E-state index contributed by atoms with van der Waals surface area (Å²) in [6.45, 7) is 3.34. The molecule has 0 aliphatic carbocycles. The van der Waals surface area contributed by atoms with Gasteiger partial charge in [-0.1, -0.05) is 54.6 Å². The predicted octanol–water partition coefficient (Wildman–Crippen LogP) is 5.13. The van der Waals surface area contributed by atoms with E-state index in [0.29, 0.717) is 19.0 Å². The Morgan fingerprint density at radius 1 is 0.828 bits per heavy atom. The molecule has 0 atom stereocenters. The van der Waals surface area contributed by atoms with Crippen LogP contribution in [0.3, 0.4) is 0 Å². The molecule has 0 bridgehead atoms. The van der Waals surface area contributed by atoms with Crippen molar-refractivity contribution in [2.75, 3.05) is 10.2 Å². The highest BCUT2D eigenvalue weighted by Gasteiger charge is 2.14. The molecule has 0 saturated carbocycles. The summed E-state index contributed by atoms with van der Waals surface area (Å²) in [5.74, 6) is 1.47. The number of hydrogen-bond acceptors (Lipinski definition) is 5. The van der Waals surface area contributed by atoms with Crippen LogP contribution in [0.25, 0.3) is 0 Å². The van der Waals surface area contributed by atoms with Crippen molar-refractivity contribution in [3.63, 3.8) is 0 Å². The zero-order valence-electron chi connectivity index (χ0n) is 16.4. The topological polar surface area (TPSA) is 53.9 Å². The van der Waals surface area contributed by atoms with Crippen LogP contribution in [0.4, 0.5) is 17.5 Å². The van der Waals surface area contributed by atoms with E-state index in [2.05, 4.69) is 51.6 Å². The Morgan fingerprint density at radius 2 is 1.55 bits per heavy atom. The van der Waals surface area contributed by atoms with Gasteiger partial charge in [-0.3, -0.25) is 4.98 Å². The molecule has 2 heterocycles. The molecule has 0 fully saturated rings. The Morgan fingerprint density at radius 3 is 2.28 bits per heavy atom. The first kappa shape index (κ1) is 18.6. The van der Waals surface area contributed by atoms with Crippen LogP contribution in [0.5, 0.6) is 0 Å². The van der Waals surface area contributed by atoms with Gasteiger partial charge in [0.2, 0.25) is 5.95 Å². The Hall–Kier alpha value is -3.73. The lowest BCUT2D eigenvalue weighted by atomic mass is 10.2. The average molecular weight is 381 g/mol. The molecule has 0 amide bonds. The van der Waals surface area contributed by atoms with E-state index >= 15 is 0 Å². The van der Waals surface area contributed by atoms with E-state index in [-0.39, 0.29) is 0 Å². The van der Waals surface area contributed by atoms with Gasteiger partial charge in [0.15, 0.2) is 0 Å². The summed E-state index contributed by atoms with van der Waals surface area (Å²) in [6, 6.07) is 26.6. The minimum absolute atomic E-state index is 0.660. The Kier molecular flexibility index (Phi) is 5.76. The van der Waals surface area contributed by atoms with Crippen LogP contribution in [-0.2, 0) is 13.1 Å². The van der Waals surface area contributed by atoms with Gasteiger partial charge in [0.1, 0.15) is 5.82 Å². The van der Waals surface area contributed by atoms with Crippen molar-refractivity contribution < 1.29 is 0 Å². The minimum Gasteiger partial charge on any atom is -0.366 e. The molecule has 0 saturated heterocycles. The molecular weight excluding hydrogens is 358 g/mol. The number of nitrogens with one attached hydrogen (secondary N) is 1. The maximum absolute atomic E-state index is 4.80. The zero-order valence-corrected chi connectivity index (χ0v) is 16.4. The van der Waals surface area contributed by atoms with E-state index in [9.17, 15) is 0 Å². The summed E-state index contributed by atoms with van der Waals surface area (Å²) in [7, 11) is 0. The van der Waals surface area contributed by atoms with Crippen molar-refractivity contribution >= 4 is 17.5 Å². The lowest BCUT2D eigenvalue weighted by molar-refractivity contribution is 0.899. The van der Waals surface area contributed by atoms with Crippen LogP contribution in [-0.4, -0.2) is 15.0 Å². The summed E-state index contributed by atoms with van der Waals surface area (Å²) in [4.78, 5) is 15.8. The molecule has 0 unspecified atom stereocenters. The number of anilines is 3. The molecule has 4 aromatic rings. The highest BCUT2D eigenvalue weighted by atomic mass is 15.3. The third-order valence-corrected chi connectivity index (χ3v) is 4.53. The summed E-state index contributed by atoms with van der Waals surface area (Å²) in [5.41, 5.74) is 4.28. The van der Waals surface area contributed by atoms with Crippen molar-refractivity contribution in [2.24, 2.45) is 0 Å². The molecule has 4 rings (SSSR count). The van der Waals surface area contributed by atoms with Crippen molar-refractivity contribution in [3.8, 4) is 0 Å². The van der Waals surface area contributed by atoms with E-state index in [0.717, 1.165) is 22.8 Å². The van der Waals surface area contributed by atoms with Crippen molar-refractivity contribution in [2.45, 2.75) is 20.0 Å². The molecule has 2 aromatic carbocycles. The second kappa shape index (κ2) is 8.97. The number of para-hydroxylation sites is 1. The lowest BCUT2D eigenvalue weighted by Crippen LogP contribution is -2.20. The van der Waals surface area contributed by atoms with E-state index in [4.69, 9.17) is 9.97 Å². The summed E-state index contributed by atoms with van der Waals surface area (Å²) in [5, 5.41) is 3.39. The van der Waals surface area contributed by atoms with E-state index in [1.807, 2.05) is 55.6 Å². The molecule has 144 valence electrons. The second-order valence-corrected chi connectivity index (χ2v) is 6.82. The SMILES string of the molecule is Cc1cc(NCc2cccnc2)nc(N(Cc2ccccc2)c2ccccc2)n1. The fraction of sp³-hybridized carbons (Fsp3) is 0.125. The maximum Gasteiger partial charge on any atom is 0.232 e. The normalized spacial score (nSPS) is 10.5. The first-order chi connectivity index (χ1) is 14.3. The molecule has 29 heavy (non-hydrogen) atoms. The number of pyridine rings is 1. The van der Waals surface area contributed by atoms with Gasteiger partial charge in [-0.05, 0) is 36.2 Å². The third-order valence-electron chi connectivity index (χ3n) is 4.53. The molecule has 0 spiro atoms. The first-order valence-corrected chi connectivity index (χ1v) is 9.63. The summed E-state index contributed by atoms with van der Waals surface area (Å²) in [6.07, 6.45) is 3.63. The Labute approximate surface area is 171 Å². The minimum atomic E-state index is 0.660. The Bertz CT molecular complexity index is 1040. The largest absolute Gasteiger partial charge is 0.366 e. The van der Waals surface area contributed by atoms with Crippen molar-refractivity contribution in [1.29, 1.82) is 0 Å². The molecule has 5 heteroatoms. The third kappa shape index (κ3) is 4.96. The maximum atomic E-state index is 4.80. The van der Waals surface area contributed by atoms with Crippen LogP contribution in [0, 0.1) is 6.92 Å². The number of aromatic nitrogens is 3. The van der Waals surface area contributed by atoms with Crippen LogP contribution in [0.2, 0.25) is 0 Å². The number of benzene rings is 2. The van der Waals surface area contributed by atoms with Crippen LogP contribution in [0.1, 0.15) is 16.8 Å². The number of rotatable bonds is 7. The highest BCUT2D eigenvalue weighted by Crippen LogP contribution is 2.26. The quantitative estimate of drug-likeness (QED) is 0.481. The molecule has 5 nitrogen and oxygen atoms in total. The fourth-order valence-corrected chi connectivity index (χ4v) is 3.11. The van der Waals surface area contributed by atoms with E-state index in [1.165, 1.54) is 5.56 Å². The van der Waals surface area contributed by atoms with E-state index < -0.39 is 0 Å². The molecule has 1 N–H and O–H groups in total. The van der Waals surface area contributed by atoms with Gasteiger partial charge in [0.05, 0.1) is 6.54 Å². The monoisotopic (exact) mass is 381 g/mol. The molecule has 0 aliphatic heterocycles. The molecule has 0 aliphatic rings. The van der Waals surface area contributed by atoms with E-state index in [1.54, 1.807) is 6.20 Å². The summed E-state index contributed by atoms with van der Waals surface area (Å²) < 4.78 is 0. The number of nitrogens with zero attached hydrogens (tertiary/aromatic N) is 4. The molecule has 2 aromatic heterocycles. The van der Waals surface area contributed by atoms with Gasteiger partial charge in [0.25, 0.3) is 0 Å². The summed E-state index contributed by atoms with van der Waals surface area (Å²) >= 11 is 0. The fourth-order valence-electron chi connectivity index (χ4n) is 3.11. The number of hydrogen-bond donors (Lipinski definition) is 1. The van der Waals surface area contributed by atoms with Crippen molar-refractivity contribution in [3.05, 3.63) is 108 Å². The second-order valence-electron chi connectivity index (χ2n) is 6.82. The lowest BCUT2D eigenvalue weighted by Gasteiger charge is -2.24. The molecule has 0 radical (unpaired) electrons. The number of aryl methyl sites for hydroxylation is 1. The van der Waals surface area contributed by atoms with Gasteiger partial charge in [-0.2, -0.15) is 4.98 Å². The Balaban J connectivity index is 1.64. The van der Waals surface area contributed by atoms with Crippen LogP contribution in [0.15, 0.2) is 91.3 Å². The van der Waals surface area contributed by atoms with Gasteiger partial charge in [0, 0.05) is 36.4 Å². The molecular formula is C24H23N5. The first-order valence-electron chi connectivity index (χ1n) is 9.63. The average Bonchev–Trinajstić information content (AvgIpc) is 2.78. The van der Waals surface area contributed by atoms with Gasteiger partial charge >= 0.3 is 0 Å². The van der Waals surface area contributed by atoms with Gasteiger partial charge in [-0.25, -0.2) is 4.98 Å². The zero-order chi connectivity index (χ0) is 19.9. The predicted molar refractivity (Wildman–Crippen MR) is 117 cm³/mol. The van der Waals surface area contributed by atoms with Gasteiger partial charge < -0.3 is 10.2 Å². The highest BCUT2D eigenvalue weighted by molar-refractivity contribution is 5.59. The smallest absolute Gasteiger partial charge is 0.232 e. The standard InChI is InChI=1S/C24H23N5/c1-19-15-23(26-17-21-11-8-14-25-16-21)28-24(27-19)29(22-12-6-3-7-13-22)18-20-9-4-2-5-10-20/h2-16H,17-18H2,1H3,(H,26,27,28). The van der Waals surface area contributed by atoms with Gasteiger partial charge in [-0.15, -0.1) is 0 Å².